The molecule has 0 N–H and O–H groups in total. The zero-order chi connectivity index (χ0) is 53.0. The van der Waals surface area contributed by atoms with Gasteiger partial charge in [0, 0.05) is 11.5 Å². The molecule has 0 saturated heterocycles. The molecule has 73 heavy (non-hydrogen) atoms. The fourth-order valence-electron chi connectivity index (χ4n) is 8.07. The molecule has 14 nitrogen and oxygen atoms in total. The van der Waals surface area contributed by atoms with Crippen molar-refractivity contribution in [2.75, 3.05) is 37.9 Å². The van der Waals surface area contributed by atoms with E-state index in [-0.39, 0.29) is 86.0 Å². The molecule has 0 atom stereocenters. The fourth-order valence-corrected chi connectivity index (χ4v) is 9.01. The zero-order valence-electron chi connectivity index (χ0n) is 44.7. The molecule has 17 heteroatoms. The van der Waals surface area contributed by atoms with E-state index in [0.717, 1.165) is 38.5 Å². The van der Waals surface area contributed by atoms with Crippen LogP contribution in [0.1, 0.15) is 261 Å². The van der Waals surface area contributed by atoms with Crippen molar-refractivity contribution in [2.45, 2.75) is 219 Å². The third kappa shape index (κ3) is 41.3. The summed E-state index contributed by atoms with van der Waals surface area (Å²) in [6.45, 7) is 4.65. The zero-order valence-corrected chi connectivity index (χ0v) is 48.6. The van der Waals surface area contributed by atoms with E-state index >= 15 is 0 Å². The largest absolute Gasteiger partial charge is 2.00 e. The molecule has 0 unspecified atom stereocenters. The molecular formula is C56H90CaO14S2. The van der Waals surface area contributed by atoms with Gasteiger partial charge >= 0.3 is 61.6 Å². The molecule has 0 spiro atoms. The van der Waals surface area contributed by atoms with Gasteiger partial charge in [-0.05, 0) is 49.9 Å². The Kier molecular flexibility index (Phi) is 45.0. The Balaban J connectivity index is 0.00000140. The minimum atomic E-state index is -4.35. The first-order chi connectivity index (χ1) is 34.7. The molecule has 0 aliphatic heterocycles. The summed E-state index contributed by atoms with van der Waals surface area (Å²) in [7, 11) is -8.71. The Hall–Kier alpha value is -2.60. The second-order valence-electron chi connectivity index (χ2n) is 18.8. The average molecular weight is 1090 g/mol. The van der Waals surface area contributed by atoms with Gasteiger partial charge in [-0.1, -0.05) is 218 Å². The maximum absolute atomic E-state index is 12.4. The third-order valence-corrected chi connectivity index (χ3v) is 13.8. The summed E-state index contributed by atoms with van der Waals surface area (Å²) >= 11 is 0. The first-order valence-electron chi connectivity index (χ1n) is 27.4. The second-order valence-corrected chi connectivity index (χ2v) is 21.8. The summed E-state index contributed by atoms with van der Waals surface area (Å²) in [5.41, 5.74) is 0.341. The maximum Gasteiger partial charge on any atom is 2.00 e. The Morgan fingerprint density at radius 1 is 0.329 bits per heavy atom. The summed E-state index contributed by atoms with van der Waals surface area (Å²) in [4.78, 5) is 49.4. The Morgan fingerprint density at radius 3 is 0.699 bits per heavy atom. The molecule has 2 aromatic carbocycles. The SMILES string of the molecule is CCCCCCCCCCCCCCCCCOC(=O)c1ccccc1C(=O)OCCCS(=O)(=O)[O-].CCCCCCCCCCCCCCCCCOC(=O)c1ccccc1C(=O)OCCCS(=O)(=O)[O-].[Ca+2]. The van der Waals surface area contributed by atoms with E-state index in [1.54, 1.807) is 24.3 Å². The quantitative estimate of drug-likeness (QED) is 0.0198. The molecule has 412 valence electrons. The Bertz CT molecular complexity index is 1820. The molecule has 2 rings (SSSR count). The van der Waals surface area contributed by atoms with E-state index in [2.05, 4.69) is 13.8 Å². The second kappa shape index (κ2) is 46.7. The predicted octanol–water partition coefficient (Wildman–Crippen LogP) is 13.2. The number of benzene rings is 2. The molecule has 0 aliphatic carbocycles. The predicted molar refractivity (Wildman–Crippen MR) is 288 cm³/mol. The molecule has 0 amide bonds. The van der Waals surface area contributed by atoms with Crippen LogP contribution in [0.15, 0.2) is 48.5 Å². The number of rotatable bonds is 44. The van der Waals surface area contributed by atoms with Gasteiger partial charge in [0.2, 0.25) is 0 Å². The number of unbranched alkanes of at least 4 members (excludes halogenated alkanes) is 28. The fraction of sp³-hybridized carbons (Fsp3) is 0.714. The van der Waals surface area contributed by atoms with Crippen LogP contribution in [0.2, 0.25) is 0 Å². The number of esters is 4. The van der Waals surface area contributed by atoms with Crippen molar-refractivity contribution in [2.24, 2.45) is 0 Å². The summed E-state index contributed by atoms with van der Waals surface area (Å²) in [5, 5.41) is 0. The standard InChI is InChI=1S/2C28H46O7S.Ca/c2*1-2-3-4-5-6-7-8-9-10-11-12-13-14-15-18-22-34-27(29)25-20-16-17-21-26(25)28(30)35-23-19-24-36(31,32)33;/h2*16-17,20-21H,2-15,18-19,22-24H2,1H3,(H,31,32,33);/q;;+2/p-2. The topological polar surface area (TPSA) is 220 Å². The molecule has 0 heterocycles. The van der Waals surface area contributed by atoms with Crippen molar-refractivity contribution in [3.05, 3.63) is 70.8 Å². The summed E-state index contributed by atoms with van der Waals surface area (Å²) < 4.78 is 84.4. The minimum Gasteiger partial charge on any atom is -0.748 e. The molecule has 0 bridgehead atoms. The van der Waals surface area contributed by atoms with E-state index in [0.29, 0.717) is 13.2 Å². The van der Waals surface area contributed by atoms with Crippen LogP contribution in [0.25, 0.3) is 0 Å². The molecule has 0 aliphatic rings. The molecule has 0 radical (unpaired) electrons. The van der Waals surface area contributed by atoms with Crippen LogP contribution in [-0.2, 0) is 39.2 Å². The van der Waals surface area contributed by atoms with Gasteiger partial charge in [-0.2, -0.15) is 0 Å². The van der Waals surface area contributed by atoms with Gasteiger partial charge in [0.25, 0.3) is 0 Å². The van der Waals surface area contributed by atoms with Crippen LogP contribution in [-0.4, -0.2) is 125 Å². The van der Waals surface area contributed by atoms with E-state index in [1.165, 1.54) is 178 Å². The van der Waals surface area contributed by atoms with Gasteiger partial charge in [0.15, 0.2) is 0 Å². The number of hydrogen-bond donors (Lipinski definition) is 0. The van der Waals surface area contributed by atoms with Crippen molar-refractivity contribution < 1.29 is 64.1 Å². The Labute approximate surface area is 470 Å². The van der Waals surface area contributed by atoms with Crippen LogP contribution >= 0.6 is 0 Å². The molecule has 0 fully saturated rings. The van der Waals surface area contributed by atoms with Crippen molar-refractivity contribution in [1.82, 2.24) is 0 Å². The monoisotopic (exact) mass is 1090 g/mol. The first kappa shape index (κ1) is 70.4. The Morgan fingerprint density at radius 2 is 0.507 bits per heavy atom. The van der Waals surface area contributed by atoms with Crippen LogP contribution in [0.3, 0.4) is 0 Å². The average Bonchev–Trinajstić information content (AvgIpc) is 3.35. The number of carbonyl (C=O) groups is 4. The smallest absolute Gasteiger partial charge is 0.748 e. The summed E-state index contributed by atoms with van der Waals surface area (Å²) in [6, 6.07) is 12.4. The van der Waals surface area contributed by atoms with Crippen molar-refractivity contribution >= 4 is 81.9 Å². The summed E-state index contributed by atoms with van der Waals surface area (Å²) in [6.07, 6.45) is 37.6. The number of hydrogen-bond acceptors (Lipinski definition) is 14. The van der Waals surface area contributed by atoms with Gasteiger partial charge < -0.3 is 28.1 Å². The van der Waals surface area contributed by atoms with Crippen LogP contribution in [0.5, 0.6) is 0 Å². The van der Waals surface area contributed by atoms with E-state index in [1.807, 2.05) is 0 Å². The normalized spacial score (nSPS) is 11.2. The van der Waals surface area contributed by atoms with E-state index < -0.39 is 55.6 Å². The van der Waals surface area contributed by atoms with Gasteiger partial charge in [-0.3, -0.25) is 0 Å². The first-order valence-corrected chi connectivity index (χ1v) is 30.6. The minimum absolute atomic E-state index is 0. The maximum atomic E-state index is 12.4. The molecule has 0 aromatic heterocycles. The molecular weight excluding hydrogens is 1000 g/mol. The van der Waals surface area contributed by atoms with Gasteiger partial charge in [-0.15, -0.1) is 0 Å². The van der Waals surface area contributed by atoms with Crippen molar-refractivity contribution in [3.8, 4) is 0 Å². The van der Waals surface area contributed by atoms with Gasteiger partial charge in [0.1, 0.15) is 0 Å². The van der Waals surface area contributed by atoms with Crippen molar-refractivity contribution in [3.63, 3.8) is 0 Å². The van der Waals surface area contributed by atoms with E-state index in [4.69, 9.17) is 18.9 Å². The van der Waals surface area contributed by atoms with E-state index in [9.17, 15) is 45.1 Å². The van der Waals surface area contributed by atoms with Crippen LogP contribution in [0, 0.1) is 0 Å². The van der Waals surface area contributed by atoms with Gasteiger partial charge in [0.05, 0.1) is 68.9 Å². The van der Waals surface area contributed by atoms with Crippen LogP contribution < -0.4 is 0 Å². The van der Waals surface area contributed by atoms with Crippen LogP contribution in [0.4, 0.5) is 0 Å². The van der Waals surface area contributed by atoms with Crippen molar-refractivity contribution in [1.29, 1.82) is 0 Å². The summed E-state index contributed by atoms with van der Waals surface area (Å²) in [5.74, 6) is -3.90. The third-order valence-electron chi connectivity index (χ3n) is 12.2. The molecule has 2 aromatic rings. The number of carbonyl (C=O) groups excluding carboxylic acids is 4. The number of ether oxygens (including phenoxy) is 4. The van der Waals surface area contributed by atoms with Gasteiger partial charge in [-0.25, -0.2) is 36.0 Å². The molecule has 0 saturated carbocycles.